The van der Waals surface area contributed by atoms with E-state index in [9.17, 15) is 9.18 Å². The van der Waals surface area contributed by atoms with E-state index in [4.69, 9.17) is 5.73 Å². The second-order valence-corrected chi connectivity index (χ2v) is 8.03. The molecule has 1 aliphatic rings. The van der Waals surface area contributed by atoms with E-state index in [1.807, 2.05) is 0 Å². The van der Waals surface area contributed by atoms with Crippen molar-refractivity contribution in [3.8, 4) is 0 Å². The number of Topliss-reactive ketones (excluding diaryl/α,β-unsaturated/α-hetero) is 1. The van der Waals surface area contributed by atoms with Crippen molar-refractivity contribution in [1.29, 1.82) is 0 Å². The molecule has 0 amide bonds. The molecular weight excluding hydrogens is 357 g/mol. The lowest BCUT2D eigenvalue weighted by atomic mass is 9.97. The molecule has 0 unspecified atom stereocenters. The fourth-order valence-electron chi connectivity index (χ4n) is 3.08. The van der Waals surface area contributed by atoms with E-state index < -0.39 is 0 Å². The Kier molecular flexibility index (Phi) is 4.43. The molecule has 1 aromatic carbocycles. The lowest BCUT2D eigenvalue weighted by Crippen LogP contribution is -2.04. The van der Waals surface area contributed by atoms with Crippen molar-refractivity contribution in [2.24, 2.45) is 0 Å². The predicted octanol–water partition coefficient (Wildman–Crippen LogP) is 4.27. The Bertz CT molecular complexity index is 953. The van der Waals surface area contributed by atoms with Gasteiger partial charge in [-0.25, -0.2) is 14.4 Å². The van der Waals surface area contributed by atoms with Gasteiger partial charge in [0.25, 0.3) is 0 Å². The second kappa shape index (κ2) is 6.72. The molecule has 0 saturated heterocycles. The number of benzene rings is 1. The number of thioether (sulfide) groups is 1. The van der Waals surface area contributed by atoms with Crippen LogP contribution in [0.2, 0.25) is 0 Å². The molecule has 0 atom stereocenters. The summed E-state index contributed by atoms with van der Waals surface area (Å²) in [6, 6.07) is 5.55. The molecule has 3 aromatic rings. The molecule has 2 heterocycles. The highest BCUT2D eigenvalue weighted by molar-refractivity contribution is 7.99. The number of ketones is 1. The molecule has 0 fully saturated rings. The number of carbonyl (C=O) groups excluding carboxylic acids is 1. The molecule has 0 bridgehead atoms. The average Bonchev–Trinajstić information content (AvgIpc) is 2.99. The van der Waals surface area contributed by atoms with Crippen LogP contribution >= 0.6 is 23.1 Å². The van der Waals surface area contributed by atoms with E-state index in [1.54, 1.807) is 11.3 Å². The minimum atomic E-state index is -0.354. The summed E-state index contributed by atoms with van der Waals surface area (Å²) in [5.74, 6) is 0.257. The van der Waals surface area contributed by atoms with Gasteiger partial charge in [-0.3, -0.25) is 4.79 Å². The molecule has 1 aliphatic carbocycles. The zero-order chi connectivity index (χ0) is 17.4. The Hall–Kier alpha value is -1.99. The highest BCUT2D eigenvalue weighted by Gasteiger charge is 2.20. The topological polar surface area (TPSA) is 68.9 Å². The van der Waals surface area contributed by atoms with Gasteiger partial charge in [0.1, 0.15) is 16.5 Å². The number of hydrogen-bond acceptors (Lipinski definition) is 6. The summed E-state index contributed by atoms with van der Waals surface area (Å²) in [5, 5.41) is 1.51. The normalized spacial score (nSPS) is 13.8. The number of fused-ring (bicyclic) bond motifs is 3. The van der Waals surface area contributed by atoms with Crippen molar-refractivity contribution >= 4 is 44.9 Å². The van der Waals surface area contributed by atoms with Gasteiger partial charge in [-0.2, -0.15) is 0 Å². The number of rotatable bonds is 4. The maximum atomic E-state index is 12.9. The lowest BCUT2D eigenvalue weighted by Gasteiger charge is -2.10. The largest absolute Gasteiger partial charge is 0.383 e. The van der Waals surface area contributed by atoms with Gasteiger partial charge in [0.05, 0.1) is 11.1 Å². The van der Waals surface area contributed by atoms with E-state index in [0.29, 0.717) is 16.5 Å². The Morgan fingerprint density at radius 3 is 2.76 bits per heavy atom. The minimum absolute atomic E-state index is 0.0854. The van der Waals surface area contributed by atoms with Crippen LogP contribution in [0.25, 0.3) is 10.2 Å². The molecule has 2 aromatic heterocycles. The molecule has 0 aliphatic heterocycles. The van der Waals surface area contributed by atoms with Gasteiger partial charge in [0.15, 0.2) is 10.9 Å². The molecule has 0 saturated carbocycles. The van der Waals surface area contributed by atoms with Crippen LogP contribution in [0.4, 0.5) is 10.2 Å². The molecule has 0 radical (unpaired) electrons. The summed E-state index contributed by atoms with van der Waals surface area (Å²) in [4.78, 5) is 23.5. The average molecular weight is 373 g/mol. The van der Waals surface area contributed by atoms with Gasteiger partial charge < -0.3 is 5.73 Å². The molecule has 4 rings (SSSR count). The van der Waals surface area contributed by atoms with Gasteiger partial charge in [0.2, 0.25) is 0 Å². The van der Waals surface area contributed by atoms with E-state index in [-0.39, 0.29) is 17.4 Å². The monoisotopic (exact) mass is 373 g/mol. The first kappa shape index (κ1) is 16.5. The van der Waals surface area contributed by atoms with Crippen molar-refractivity contribution in [2.45, 2.75) is 30.8 Å². The molecule has 25 heavy (non-hydrogen) atoms. The molecule has 4 nitrogen and oxygen atoms in total. The number of anilines is 1. The summed E-state index contributed by atoms with van der Waals surface area (Å²) in [5.41, 5.74) is 7.96. The molecule has 2 N–H and O–H groups in total. The number of nitrogens with zero attached hydrogens (tertiary/aromatic N) is 2. The van der Waals surface area contributed by atoms with Gasteiger partial charge >= 0.3 is 0 Å². The van der Waals surface area contributed by atoms with E-state index in [1.165, 1.54) is 59.3 Å². The smallest absolute Gasteiger partial charge is 0.191 e. The Labute approximate surface area is 152 Å². The number of nitrogens with two attached hydrogens (primary N) is 1. The number of thiophene rings is 1. The van der Waals surface area contributed by atoms with E-state index in [0.717, 1.165) is 23.1 Å². The number of hydrogen-bond donors (Lipinski definition) is 1. The Balaban J connectivity index is 1.55. The van der Waals surface area contributed by atoms with Crippen molar-refractivity contribution in [2.75, 3.05) is 11.5 Å². The maximum Gasteiger partial charge on any atom is 0.191 e. The lowest BCUT2D eigenvalue weighted by molar-refractivity contribution is 0.102. The zero-order valence-electron chi connectivity index (χ0n) is 13.4. The first-order valence-corrected chi connectivity index (χ1v) is 9.91. The predicted molar refractivity (Wildman–Crippen MR) is 99.9 cm³/mol. The van der Waals surface area contributed by atoms with Gasteiger partial charge in [-0.05, 0) is 55.5 Å². The fourth-order valence-corrected chi connectivity index (χ4v) is 5.15. The molecular formula is C18H16FN3OS2. The van der Waals surface area contributed by atoms with Crippen LogP contribution in [-0.2, 0) is 12.8 Å². The zero-order valence-corrected chi connectivity index (χ0v) is 15.1. The van der Waals surface area contributed by atoms with Crippen LogP contribution in [0.5, 0.6) is 0 Å². The third kappa shape index (κ3) is 3.26. The van der Waals surface area contributed by atoms with Crippen molar-refractivity contribution in [1.82, 2.24) is 9.97 Å². The van der Waals surface area contributed by atoms with E-state index in [2.05, 4.69) is 9.97 Å². The first-order valence-electron chi connectivity index (χ1n) is 8.11. The molecule has 128 valence electrons. The summed E-state index contributed by atoms with van der Waals surface area (Å²) in [7, 11) is 0. The standard InChI is InChI=1S/C18H16FN3OS2/c19-11-7-5-10(6-8-11)13(23)9-24-18-21-16(20)15-12-3-1-2-4-14(12)25-17(15)22-18/h5-8H,1-4,9H2,(H2,20,21,22). The molecule has 7 heteroatoms. The Morgan fingerprint density at radius 2 is 1.96 bits per heavy atom. The second-order valence-electron chi connectivity index (χ2n) is 6.00. The van der Waals surface area contributed by atoms with Gasteiger partial charge in [0, 0.05) is 10.4 Å². The highest BCUT2D eigenvalue weighted by atomic mass is 32.2. The number of aromatic nitrogens is 2. The quantitative estimate of drug-likeness (QED) is 0.420. The Morgan fingerprint density at radius 1 is 1.20 bits per heavy atom. The molecule has 0 spiro atoms. The SMILES string of the molecule is Nc1nc(SCC(=O)c2ccc(F)cc2)nc2sc3c(c12)CCCC3. The minimum Gasteiger partial charge on any atom is -0.383 e. The third-order valence-corrected chi connectivity index (χ3v) is 6.35. The van der Waals surface area contributed by atoms with Crippen LogP contribution in [0.15, 0.2) is 29.4 Å². The van der Waals surface area contributed by atoms with Gasteiger partial charge in [-0.1, -0.05) is 11.8 Å². The van der Waals surface area contributed by atoms with E-state index >= 15 is 0 Å². The highest BCUT2D eigenvalue weighted by Crippen LogP contribution is 2.38. The van der Waals surface area contributed by atoms with Crippen LogP contribution < -0.4 is 5.73 Å². The number of aryl methyl sites for hydroxylation is 2. The maximum absolute atomic E-state index is 12.9. The van der Waals surface area contributed by atoms with Gasteiger partial charge in [-0.15, -0.1) is 11.3 Å². The summed E-state index contributed by atoms with van der Waals surface area (Å²) < 4.78 is 12.9. The fraction of sp³-hybridized carbons (Fsp3) is 0.278. The number of nitrogen functional groups attached to an aromatic ring is 1. The van der Waals surface area contributed by atoms with Crippen molar-refractivity contribution in [3.05, 3.63) is 46.1 Å². The van der Waals surface area contributed by atoms with Crippen LogP contribution in [-0.4, -0.2) is 21.5 Å². The number of halogens is 1. The van der Waals surface area contributed by atoms with Crippen LogP contribution in [0.3, 0.4) is 0 Å². The van der Waals surface area contributed by atoms with Crippen LogP contribution in [0.1, 0.15) is 33.6 Å². The van der Waals surface area contributed by atoms with Crippen molar-refractivity contribution in [3.63, 3.8) is 0 Å². The summed E-state index contributed by atoms with van der Waals surface area (Å²) >= 11 is 2.95. The van der Waals surface area contributed by atoms with Crippen molar-refractivity contribution < 1.29 is 9.18 Å². The summed E-state index contributed by atoms with van der Waals surface area (Å²) in [6.45, 7) is 0. The first-order chi connectivity index (χ1) is 12.1. The third-order valence-electron chi connectivity index (χ3n) is 4.32. The summed E-state index contributed by atoms with van der Waals surface area (Å²) in [6.07, 6.45) is 4.52. The number of carbonyl (C=O) groups is 1. The van der Waals surface area contributed by atoms with Crippen LogP contribution in [0, 0.1) is 5.82 Å².